The zero-order valence-electron chi connectivity index (χ0n) is 6.72. The van der Waals surface area contributed by atoms with E-state index in [0.717, 1.165) is 0 Å². The molecule has 0 radical (unpaired) electrons. The molecule has 0 aromatic carbocycles. The first-order chi connectivity index (χ1) is 4.78. The van der Waals surface area contributed by atoms with Crippen molar-refractivity contribution >= 4 is 17.6 Å². The Bertz CT molecular complexity index is 196. The lowest BCUT2D eigenvalue weighted by atomic mass is 9.90. The first kappa shape index (κ1) is 8.81. The molecular weight excluding hydrogens is 168 g/mol. The lowest BCUT2D eigenvalue weighted by Crippen LogP contribution is -2.27. The van der Waals surface area contributed by atoms with Crippen LogP contribution in [0.5, 0.6) is 0 Å². The standard InChI is InChI=1S/C7H11ClO3/c1-6(2,3)4-7(8,11-4)5(9)10/h4H,1-3H3,(H,9,10). The Morgan fingerprint density at radius 3 is 2.18 bits per heavy atom. The fourth-order valence-electron chi connectivity index (χ4n) is 1.03. The molecule has 11 heavy (non-hydrogen) atoms. The third-order valence-electron chi connectivity index (χ3n) is 1.65. The van der Waals surface area contributed by atoms with Gasteiger partial charge in [-0.05, 0) is 5.41 Å². The molecule has 1 heterocycles. The summed E-state index contributed by atoms with van der Waals surface area (Å²) in [4.78, 5) is 10.5. The summed E-state index contributed by atoms with van der Waals surface area (Å²) in [7, 11) is 0. The highest BCUT2D eigenvalue weighted by Gasteiger charge is 2.66. The average Bonchev–Trinajstić information content (AvgIpc) is 2.41. The zero-order chi connectivity index (χ0) is 8.86. The molecule has 0 saturated carbocycles. The van der Waals surface area contributed by atoms with Crippen molar-refractivity contribution in [1.29, 1.82) is 0 Å². The number of alkyl halides is 1. The third-order valence-corrected chi connectivity index (χ3v) is 2.10. The van der Waals surface area contributed by atoms with E-state index < -0.39 is 11.0 Å². The predicted octanol–water partition coefficient (Wildman–Crippen LogP) is 1.45. The number of carboxylic acid groups (broad SMARTS) is 1. The second kappa shape index (κ2) is 2.11. The van der Waals surface area contributed by atoms with Crippen molar-refractivity contribution in [2.24, 2.45) is 5.41 Å². The summed E-state index contributed by atoms with van der Waals surface area (Å²) >= 11 is 5.61. The molecule has 0 aromatic rings. The number of carboxylic acids is 1. The molecule has 4 heteroatoms. The Kier molecular flexibility index (Phi) is 1.69. The van der Waals surface area contributed by atoms with E-state index in [2.05, 4.69) is 0 Å². The van der Waals surface area contributed by atoms with Crippen LogP contribution < -0.4 is 0 Å². The van der Waals surface area contributed by atoms with Crippen LogP contribution in [0.4, 0.5) is 0 Å². The van der Waals surface area contributed by atoms with Crippen LogP contribution in [0, 0.1) is 5.41 Å². The summed E-state index contributed by atoms with van der Waals surface area (Å²) in [5.74, 6) is -1.10. The molecule has 2 atom stereocenters. The Balaban J connectivity index is 2.68. The van der Waals surface area contributed by atoms with Crippen LogP contribution in [-0.4, -0.2) is 22.2 Å². The summed E-state index contributed by atoms with van der Waals surface area (Å²) < 4.78 is 4.90. The van der Waals surface area contributed by atoms with Crippen LogP contribution in [0.15, 0.2) is 0 Å². The average molecular weight is 179 g/mol. The zero-order valence-corrected chi connectivity index (χ0v) is 7.47. The van der Waals surface area contributed by atoms with Crippen molar-refractivity contribution in [1.82, 2.24) is 0 Å². The minimum absolute atomic E-state index is 0.208. The largest absolute Gasteiger partial charge is 0.478 e. The number of carbonyl (C=O) groups is 1. The molecule has 0 bridgehead atoms. The number of aliphatic carboxylic acids is 1. The van der Waals surface area contributed by atoms with Gasteiger partial charge in [0.05, 0.1) is 0 Å². The fourth-order valence-corrected chi connectivity index (χ4v) is 1.45. The maximum Gasteiger partial charge on any atom is 0.354 e. The maximum absolute atomic E-state index is 10.5. The van der Waals surface area contributed by atoms with Crippen molar-refractivity contribution in [3.8, 4) is 0 Å². The number of rotatable bonds is 1. The van der Waals surface area contributed by atoms with Crippen LogP contribution in [-0.2, 0) is 9.53 Å². The number of halogens is 1. The second-order valence-electron chi connectivity index (χ2n) is 3.81. The van der Waals surface area contributed by atoms with Crippen molar-refractivity contribution < 1.29 is 14.6 Å². The van der Waals surface area contributed by atoms with Gasteiger partial charge in [-0.25, -0.2) is 4.79 Å². The van der Waals surface area contributed by atoms with E-state index in [-0.39, 0.29) is 11.5 Å². The number of hydrogen-bond acceptors (Lipinski definition) is 2. The van der Waals surface area contributed by atoms with Gasteiger partial charge >= 0.3 is 5.97 Å². The number of ether oxygens (including phenoxy) is 1. The SMILES string of the molecule is CC(C)(C)C1OC1(Cl)C(=O)O. The summed E-state index contributed by atoms with van der Waals surface area (Å²) in [5, 5.41) is 7.13. The topological polar surface area (TPSA) is 49.8 Å². The first-order valence-electron chi connectivity index (χ1n) is 3.38. The van der Waals surface area contributed by atoms with Crippen LogP contribution >= 0.6 is 11.6 Å². The van der Waals surface area contributed by atoms with Crippen molar-refractivity contribution in [3.63, 3.8) is 0 Å². The normalized spacial score (nSPS) is 36.9. The molecule has 64 valence electrons. The molecule has 1 rings (SSSR count). The molecule has 3 nitrogen and oxygen atoms in total. The number of epoxide rings is 1. The Hall–Kier alpha value is -0.280. The van der Waals surface area contributed by atoms with Crippen LogP contribution in [0.25, 0.3) is 0 Å². The predicted molar refractivity (Wildman–Crippen MR) is 40.5 cm³/mol. The minimum Gasteiger partial charge on any atom is -0.478 e. The molecule has 0 aliphatic carbocycles. The molecule has 0 aromatic heterocycles. The first-order valence-corrected chi connectivity index (χ1v) is 3.76. The van der Waals surface area contributed by atoms with Gasteiger partial charge in [-0.15, -0.1) is 0 Å². The summed E-state index contributed by atoms with van der Waals surface area (Å²) in [6, 6.07) is 0. The smallest absolute Gasteiger partial charge is 0.354 e. The van der Waals surface area contributed by atoms with Gasteiger partial charge in [0.1, 0.15) is 6.10 Å². The fraction of sp³-hybridized carbons (Fsp3) is 0.857. The number of hydrogen-bond donors (Lipinski definition) is 1. The molecule has 1 N–H and O–H groups in total. The van der Waals surface area contributed by atoms with Gasteiger partial charge < -0.3 is 9.84 Å². The van der Waals surface area contributed by atoms with Gasteiger partial charge in [-0.3, -0.25) is 0 Å². The molecule has 0 amide bonds. The van der Waals surface area contributed by atoms with E-state index in [9.17, 15) is 4.79 Å². The minimum atomic E-state index is -1.46. The summed E-state index contributed by atoms with van der Waals surface area (Å²) in [6.07, 6.45) is -0.380. The molecule has 2 unspecified atom stereocenters. The van der Waals surface area contributed by atoms with Crippen molar-refractivity contribution in [3.05, 3.63) is 0 Å². The lowest BCUT2D eigenvalue weighted by Gasteiger charge is -2.14. The van der Waals surface area contributed by atoms with E-state index in [1.54, 1.807) is 0 Å². The van der Waals surface area contributed by atoms with Gasteiger partial charge in [0.25, 0.3) is 5.06 Å². The van der Waals surface area contributed by atoms with Gasteiger partial charge in [0, 0.05) is 0 Å². The van der Waals surface area contributed by atoms with Gasteiger partial charge in [-0.2, -0.15) is 0 Å². The van der Waals surface area contributed by atoms with E-state index in [0.29, 0.717) is 0 Å². The van der Waals surface area contributed by atoms with Crippen LogP contribution in [0.3, 0.4) is 0 Å². The van der Waals surface area contributed by atoms with Crippen molar-refractivity contribution in [2.75, 3.05) is 0 Å². The Morgan fingerprint density at radius 2 is 2.09 bits per heavy atom. The Morgan fingerprint density at radius 1 is 1.64 bits per heavy atom. The van der Waals surface area contributed by atoms with E-state index in [1.807, 2.05) is 20.8 Å². The molecular formula is C7H11ClO3. The highest BCUT2D eigenvalue weighted by molar-refractivity contribution is 6.35. The molecule has 1 aliphatic rings. The molecule has 0 spiro atoms. The second-order valence-corrected chi connectivity index (χ2v) is 4.38. The highest BCUT2D eigenvalue weighted by Crippen LogP contribution is 2.50. The van der Waals surface area contributed by atoms with Gasteiger partial charge in [0.15, 0.2) is 0 Å². The van der Waals surface area contributed by atoms with E-state index in [4.69, 9.17) is 21.4 Å². The van der Waals surface area contributed by atoms with Crippen LogP contribution in [0.1, 0.15) is 20.8 Å². The maximum atomic E-state index is 10.5. The lowest BCUT2D eigenvalue weighted by molar-refractivity contribution is -0.140. The third kappa shape index (κ3) is 1.35. The Labute approximate surface area is 70.3 Å². The molecule has 1 fully saturated rings. The van der Waals surface area contributed by atoms with Gasteiger partial charge in [-0.1, -0.05) is 32.4 Å². The summed E-state index contributed by atoms with van der Waals surface area (Å²) in [6.45, 7) is 5.68. The van der Waals surface area contributed by atoms with Crippen molar-refractivity contribution in [2.45, 2.75) is 31.9 Å². The van der Waals surface area contributed by atoms with Crippen LogP contribution in [0.2, 0.25) is 0 Å². The van der Waals surface area contributed by atoms with Gasteiger partial charge in [0.2, 0.25) is 0 Å². The van der Waals surface area contributed by atoms with E-state index in [1.165, 1.54) is 0 Å². The molecule has 1 aliphatic heterocycles. The quantitative estimate of drug-likeness (QED) is 0.489. The molecule has 1 saturated heterocycles. The highest BCUT2D eigenvalue weighted by atomic mass is 35.5. The van der Waals surface area contributed by atoms with E-state index >= 15 is 0 Å². The monoisotopic (exact) mass is 178 g/mol. The summed E-state index contributed by atoms with van der Waals surface area (Å²) in [5.41, 5.74) is -0.208.